The van der Waals surface area contributed by atoms with Gasteiger partial charge in [-0.1, -0.05) is 30.3 Å². The Balaban J connectivity index is 2.72. The highest BCUT2D eigenvalue weighted by Crippen LogP contribution is 2.11. The summed E-state index contributed by atoms with van der Waals surface area (Å²) in [6.07, 6.45) is 0.598. The Morgan fingerprint density at radius 2 is 1.95 bits per heavy atom. The number of hydrogen-bond acceptors (Lipinski definition) is 3. The molecule has 1 aromatic carbocycles. The summed E-state index contributed by atoms with van der Waals surface area (Å²) in [5, 5.41) is 2.53. The van der Waals surface area contributed by atoms with Gasteiger partial charge in [-0.25, -0.2) is 0 Å². The van der Waals surface area contributed by atoms with Crippen LogP contribution in [0.15, 0.2) is 30.3 Å². The molecule has 0 fully saturated rings. The molecular weight excluding hydrogens is 254 g/mol. The smallest absolute Gasteiger partial charge is 0.239 e. The van der Waals surface area contributed by atoms with E-state index in [1.165, 1.54) is 0 Å². The molecule has 110 valence electrons. The molecule has 20 heavy (non-hydrogen) atoms. The van der Waals surface area contributed by atoms with Crippen molar-refractivity contribution in [3.8, 4) is 0 Å². The topological polar surface area (TPSA) is 75.4 Å². The third kappa shape index (κ3) is 4.66. The van der Waals surface area contributed by atoms with E-state index in [0.717, 1.165) is 5.56 Å². The van der Waals surface area contributed by atoms with Crippen molar-refractivity contribution in [3.63, 3.8) is 0 Å². The van der Waals surface area contributed by atoms with Crippen molar-refractivity contribution in [2.75, 3.05) is 26.7 Å². The second kappa shape index (κ2) is 8.32. The van der Waals surface area contributed by atoms with Gasteiger partial charge in [-0.15, -0.1) is 0 Å². The van der Waals surface area contributed by atoms with E-state index in [1.54, 1.807) is 11.9 Å². The normalized spacial score (nSPS) is 11.8. The molecule has 1 rings (SSSR count). The van der Waals surface area contributed by atoms with Crippen LogP contribution in [0.3, 0.4) is 0 Å². The number of hydrogen-bond donors (Lipinski definition) is 2. The van der Waals surface area contributed by atoms with Crippen molar-refractivity contribution in [1.82, 2.24) is 10.2 Å². The van der Waals surface area contributed by atoms with E-state index in [-0.39, 0.29) is 30.8 Å². The van der Waals surface area contributed by atoms with Crippen molar-refractivity contribution in [2.24, 2.45) is 11.7 Å². The molecule has 5 heteroatoms. The molecule has 0 spiro atoms. The summed E-state index contributed by atoms with van der Waals surface area (Å²) < 4.78 is 0. The average Bonchev–Trinajstić information content (AvgIpc) is 2.50. The number of likely N-dealkylation sites (N-methyl/N-ethyl adjacent to an activating group) is 2. The molecule has 0 aliphatic rings. The number of nitrogens with one attached hydrogen (secondary N) is 1. The first-order valence-electron chi connectivity index (χ1n) is 6.85. The molecule has 1 aromatic rings. The number of carbonyl (C=O) groups is 2. The zero-order valence-electron chi connectivity index (χ0n) is 12.1. The van der Waals surface area contributed by atoms with Gasteiger partial charge in [-0.05, 0) is 18.9 Å². The van der Waals surface area contributed by atoms with E-state index in [1.807, 2.05) is 37.3 Å². The molecule has 0 saturated carbocycles. The quantitative estimate of drug-likeness (QED) is 0.757. The zero-order valence-corrected chi connectivity index (χ0v) is 12.1. The summed E-state index contributed by atoms with van der Waals surface area (Å²) in [6, 6.07) is 9.77. The Morgan fingerprint density at radius 1 is 1.30 bits per heavy atom. The Labute approximate surface area is 120 Å². The largest absolute Gasteiger partial charge is 0.358 e. The van der Waals surface area contributed by atoms with E-state index in [4.69, 9.17) is 5.73 Å². The van der Waals surface area contributed by atoms with Crippen LogP contribution in [0.2, 0.25) is 0 Å². The van der Waals surface area contributed by atoms with E-state index < -0.39 is 0 Å². The van der Waals surface area contributed by atoms with Gasteiger partial charge < -0.3 is 16.0 Å². The highest BCUT2D eigenvalue weighted by molar-refractivity contribution is 5.86. The molecule has 2 amide bonds. The lowest BCUT2D eigenvalue weighted by atomic mass is 9.98. The van der Waals surface area contributed by atoms with Gasteiger partial charge in [0.2, 0.25) is 11.8 Å². The van der Waals surface area contributed by atoms with Crippen LogP contribution in [0.1, 0.15) is 12.5 Å². The summed E-state index contributed by atoms with van der Waals surface area (Å²) >= 11 is 0. The minimum Gasteiger partial charge on any atom is -0.358 e. The average molecular weight is 277 g/mol. The molecule has 0 aromatic heterocycles. The Kier molecular flexibility index (Phi) is 6.73. The lowest BCUT2D eigenvalue weighted by molar-refractivity contribution is -0.138. The third-order valence-electron chi connectivity index (χ3n) is 3.27. The highest BCUT2D eigenvalue weighted by atomic mass is 16.2. The van der Waals surface area contributed by atoms with Crippen LogP contribution in [-0.4, -0.2) is 43.4 Å². The fraction of sp³-hybridized carbons (Fsp3) is 0.467. The van der Waals surface area contributed by atoms with Crippen LogP contribution in [0.25, 0.3) is 0 Å². The fourth-order valence-corrected chi connectivity index (χ4v) is 2.03. The molecule has 1 unspecified atom stereocenters. The minimum atomic E-state index is -0.290. The summed E-state index contributed by atoms with van der Waals surface area (Å²) in [4.78, 5) is 25.4. The lowest BCUT2D eigenvalue weighted by Gasteiger charge is -2.25. The van der Waals surface area contributed by atoms with Gasteiger partial charge in [0.15, 0.2) is 0 Å². The second-order valence-corrected chi connectivity index (χ2v) is 4.65. The minimum absolute atomic E-state index is 0.0672. The van der Waals surface area contributed by atoms with Gasteiger partial charge in [0.1, 0.15) is 0 Å². The number of carbonyl (C=O) groups excluding carboxylic acids is 2. The molecule has 0 aliphatic carbocycles. The van der Waals surface area contributed by atoms with E-state index in [9.17, 15) is 9.59 Å². The van der Waals surface area contributed by atoms with Crippen molar-refractivity contribution in [1.29, 1.82) is 0 Å². The molecule has 0 saturated heterocycles. The van der Waals surface area contributed by atoms with Gasteiger partial charge in [-0.2, -0.15) is 0 Å². The molecule has 1 atom stereocenters. The number of nitrogens with zero attached hydrogens (tertiary/aromatic N) is 1. The highest BCUT2D eigenvalue weighted by Gasteiger charge is 2.23. The molecule has 3 N–H and O–H groups in total. The summed E-state index contributed by atoms with van der Waals surface area (Å²) in [7, 11) is 1.56. The standard InChI is InChI=1S/C15H23N3O2/c1-3-18(11-14(19)17-2)15(20)13(10-16)9-12-7-5-4-6-8-12/h4-8,13H,3,9-11,16H2,1-2H3,(H,17,19). The Morgan fingerprint density at radius 3 is 2.45 bits per heavy atom. The van der Waals surface area contributed by atoms with Gasteiger partial charge in [0.05, 0.1) is 12.5 Å². The number of rotatable bonds is 7. The maximum atomic E-state index is 12.4. The fourth-order valence-electron chi connectivity index (χ4n) is 2.03. The van der Waals surface area contributed by atoms with Gasteiger partial charge in [-0.3, -0.25) is 9.59 Å². The van der Waals surface area contributed by atoms with Crippen molar-refractivity contribution in [3.05, 3.63) is 35.9 Å². The van der Waals surface area contributed by atoms with Crippen molar-refractivity contribution in [2.45, 2.75) is 13.3 Å². The first-order chi connectivity index (χ1) is 9.62. The predicted molar refractivity (Wildman–Crippen MR) is 79.0 cm³/mol. The van der Waals surface area contributed by atoms with E-state index >= 15 is 0 Å². The van der Waals surface area contributed by atoms with E-state index in [2.05, 4.69) is 5.32 Å². The number of benzene rings is 1. The summed E-state index contributed by atoms with van der Waals surface area (Å²) in [6.45, 7) is 2.71. The van der Waals surface area contributed by atoms with Crippen LogP contribution in [-0.2, 0) is 16.0 Å². The predicted octanol–water partition coefficient (Wildman–Crippen LogP) is 0.399. The van der Waals surface area contributed by atoms with Crippen LogP contribution >= 0.6 is 0 Å². The zero-order chi connectivity index (χ0) is 15.0. The first-order valence-corrected chi connectivity index (χ1v) is 6.85. The van der Waals surface area contributed by atoms with Gasteiger partial charge in [0.25, 0.3) is 0 Å². The Bertz CT molecular complexity index is 434. The maximum Gasteiger partial charge on any atom is 0.239 e. The monoisotopic (exact) mass is 277 g/mol. The maximum absolute atomic E-state index is 12.4. The third-order valence-corrected chi connectivity index (χ3v) is 3.27. The molecule has 0 aliphatic heterocycles. The van der Waals surface area contributed by atoms with Crippen LogP contribution in [0.4, 0.5) is 0 Å². The molecule has 5 nitrogen and oxygen atoms in total. The molecular formula is C15H23N3O2. The van der Waals surface area contributed by atoms with Crippen LogP contribution in [0.5, 0.6) is 0 Å². The molecule has 0 radical (unpaired) electrons. The van der Waals surface area contributed by atoms with Crippen molar-refractivity contribution >= 4 is 11.8 Å². The first kappa shape index (κ1) is 16.2. The van der Waals surface area contributed by atoms with Crippen molar-refractivity contribution < 1.29 is 9.59 Å². The molecule has 0 heterocycles. The van der Waals surface area contributed by atoms with Gasteiger partial charge in [0, 0.05) is 20.1 Å². The summed E-state index contributed by atoms with van der Waals surface area (Å²) in [5.74, 6) is -0.528. The second-order valence-electron chi connectivity index (χ2n) is 4.65. The van der Waals surface area contributed by atoms with Crippen LogP contribution < -0.4 is 11.1 Å². The summed E-state index contributed by atoms with van der Waals surface area (Å²) in [5.41, 5.74) is 6.81. The van der Waals surface area contributed by atoms with Crippen LogP contribution in [0, 0.1) is 5.92 Å². The van der Waals surface area contributed by atoms with E-state index in [0.29, 0.717) is 13.0 Å². The number of nitrogens with two attached hydrogens (primary N) is 1. The lowest BCUT2D eigenvalue weighted by Crippen LogP contribution is -2.44. The molecule has 0 bridgehead atoms. The number of amides is 2. The van der Waals surface area contributed by atoms with Gasteiger partial charge >= 0.3 is 0 Å². The Hall–Kier alpha value is -1.88. The SMILES string of the molecule is CCN(CC(=O)NC)C(=O)C(CN)Cc1ccccc1.